The Labute approximate surface area is 302 Å². The molecule has 0 aliphatic heterocycles. The van der Waals surface area contributed by atoms with Crippen LogP contribution in [-0.4, -0.2) is 4.98 Å². The van der Waals surface area contributed by atoms with Gasteiger partial charge in [0.15, 0.2) is 0 Å². The Morgan fingerprint density at radius 3 is 1.51 bits per heavy atom. The molecule has 0 radical (unpaired) electrons. The van der Waals surface area contributed by atoms with Crippen molar-refractivity contribution in [2.24, 2.45) is 0 Å². The summed E-state index contributed by atoms with van der Waals surface area (Å²) in [6.07, 6.45) is 3.73. The fourth-order valence-electron chi connectivity index (χ4n) is 6.99. The van der Waals surface area contributed by atoms with Crippen LogP contribution in [0.4, 0.5) is 34.1 Å². The molecule has 0 fully saturated rings. The highest BCUT2D eigenvalue weighted by Crippen LogP contribution is 2.46. The lowest BCUT2D eigenvalue weighted by Crippen LogP contribution is -2.13. The van der Waals surface area contributed by atoms with Crippen molar-refractivity contribution in [3.8, 4) is 22.3 Å². The summed E-state index contributed by atoms with van der Waals surface area (Å²) in [4.78, 5) is 9.07. The van der Waals surface area contributed by atoms with Gasteiger partial charge < -0.3 is 9.80 Å². The van der Waals surface area contributed by atoms with Crippen molar-refractivity contribution < 1.29 is 0 Å². The number of thiophene rings is 1. The van der Waals surface area contributed by atoms with Gasteiger partial charge >= 0.3 is 0 Å². The number of para-hydroxylation sites is 3. The average molecular weight is 672 g/mol. The third kappa shape index (κ3) is 5.92. The standard InChI is InChI=1S/C47H33N3S/c1-4-15-37(16-5-1)49(38-17-6-2-7-18-38)41-30-36(43-22-12-24-46-47(43)44-21-10-11-23-45(44)51-46)31-42(32-41)50(39-19-8-3-9-20-39)40-27-25-34(26-28-40)35-14-13-29-48-33-35/h1-33H. The van der Waals surface area contributed by atoms with Crippen LogP contribution in [0.25, 0.3) is 42.4 Å². The van der Waals surface area contributed by atoms with Gasteiger partial charge in [0.2, 0.25) is 0 Å². The molecule has 0 spiro atoms. The second-order valence-electron chi connectivity index (χ2n) is 12.5. The van der Waals surface area contributed by atoms with Gasteiger partial charge in [-0.1, -0.05) is 103 Å². The Balaban J connectivity index is 1.31. The predicted molar refractivity (Wildman–Crippen MR) is 217 cm³/mol. The van der Waals surface area contributed by atoms with Crippen molar-refractivity contribution in [1.29, 1.82) is 0 Å². The van der Waals surface area contributed by atoms with Gasteiger partial charge in [0.25, 0.3) is 0 Å². The number of benzene rings is 7. The fraction of sp³-hybridized carbons (Fsp3) is 0. The second-order valence-corrected chi connectivity index (χ2v) is 13.6. The molecule has 3 nitrogen and oxygen atoms in total. The van der Waals surface area contributed by atoms with Gasteiger partial charge in [-0.25, -0.2) is 0 Å². The number of nitrogens with zero attached hydrogens (tertiary/aromatic N) is 3. The summed E-state index contributed by atoms with van der Waals surface area (Å²) in [6, 6.07) is 67.3. The Morgan fingerprint density at radius 1 is 0.373 bits per heavy atom. The summed E-state index contributed by atoms with van der Waals surface area (Å²) in [5.41, 5.74) is 11.1. The highest BCUT2D eigenvalue weighted by molar-refractivity contribution is 7.25. The Hall–Kier alpha value is -6.49. The van der Waals surface area contributed by atoms with Crippen molar-refractivity contribution >= 4 is 65.6 Å². The molecule has 7 aromatic carbocycles. The zero-order chi connectivity index (χ0) is 34.0. The van der Waals surface area contributed by atoms with Crippen LogP contribution in [-0.2, 0) is 0 Å². The maximum atomic E-state index is 4.35. The second kappa shape index (κ2) is 13.4. The van der Waals surface area contributed by atoms with Crippen molar-refractivity contribution in [3.05, 3.63) is 200 Å². The van der Waals surface area contributed by atoms with Crippen LogP contribution in [0.1, 0.15) is 0 Å². The largest absolute Gasteiger partial charge is 0.310 e. The SMILES string of the molecule is c1ccc(N(c2ccccc2)c2cc(-c3cccc4sc5ccccc5c34)cc(N(c3ccccc3)c3ccc(-c4cccnc4)cc3)c2)cc1. The Bertz CT molecular complexity index is 2530. The molecule has 0 amide bonds. The van der Waals surface area contributed by atoms with Crippen LogP contribution >= 0.6 is 11.3 Å². The first-order valence-corrected chi connectivity index (χ1v) is 17.9. The first-order valence-electron chi connectivity index (χ1n) is 17.1. The van der Waals surface area contributed by atoms with E-state index in [1.54, 1.807) is 0 Å². The third-order valence-electron chi connectivity index (χ3n) is 9.30. The van der Waals surface area contributed by atoms with E-state index < -0.39 is 0 Å². The zero-order valence-corrected chi connectivity index (χ0v) is 28.6. The Morgan fingerprint density at radius 2 is 0.922 bits per heavy atom. The summed E-state index contributed by atoms with van der Waals surface area (Å²) >= 11 is 1.85. The molecular weight excluding hydrogens is 639 g/mol. The molecular formula is C47H33N3S. The molecule has 0 aliphatic rings. The van der Waals surface area contributed by atoms with Crippen LogP contribution in [0.5, 0.6) is 0 Å². The van der Waals surface area contributed by atoms with E-state index in [0.29, 0.717) is 0 Å². The van der Waals surface area contributed by atoms with E-state index in [2.05, 4.69) is 197 Å². The lowest BCUT2D eigenvalue weighted by atomic mass is 9.97. The number of rotatable bonds is 8. The summed E-state index contributed by atoms with van der Waals surface area (Å²) in [5, 5.41) is 2.58. The minimum absolute atomic E-state index is 1.07. The molecule has 0 saturated heterocycles. The molecule has 242 valence electrons. The number of pyridine rings is 1. The van der Waals surface area contributed by atoms with E-state index in [4.69, 9.17) is 0 Å². The first-order chi connectivity index (χ1) is 25.3. The third-order valence-corrected chi connectivity index (χ3v) is 10.4. The maximum Gasteiger partial charge on any atom is 0.0488 e. The van der Waals surface area contributed by atoms with Crippen molar-refractivity contribution in [3.63, 3.8) is 0 Å². The van der Waals surface area contributed by atoms with E-state index in [0.717, 1.165) is 50.8 Å². The van der Waals surface area contributed by atoms with Crippen LogP contribution in [0.3, 0.4) is 0 Å². The maximum absolute atomic E-state index is 4.35. The topological polar surface area (TPSA) is 19.4 Å². The number of hydrogen-bond donors (Lipinski definition) is 0. The van der Waals surface area contributed by atoms with Crippen LogP contribution in [0.15, 0.2) is 200 Å². The molecule has 0 unspecified atom stereocenters. The number of hydrogen-bond acceptors (Lipinski definition) is 4. The summed E-state index contributed by atoms with van der Waals surface area (Å²) in [5.74, 6) is 0. The van der Waals surface area contributed by atoms with Crippen LogP contribution < -0.4 is 9.80 Å². The minimum atomic E-state index is 1.07. The minimum Gasteiger partial charge on any atom is -0.310 e. The van der Waals surface area contributed by atoms with Gasteiger partial charge in [0.05, 0.1) is 0 Å². The monoisotopic (exact) mass is 671 g/mol. The predicted octanol–water partition coefficient (Wildman–Crippen LogP) is 13.7. The van der Waals surface area contributed by atoms with Gasteiger partial charge in [0.1, 0.15) is 0 Å². The molecule has 9 rings (SSSR count). The van der Waals surface area contributed by atoms with Crippen molar-refractivity contribution in [1.82, 2.24) is 4.98 Å². The highest BCUT2D eigenvalue weighted by atomic mass is 32.1. The molecule has 0 atom stereocenters. The molecule has 51 heavy (non-hydrogen) atoms. The molecule has 2 aromatic heterocycles. The van der Waals surface area contributed by atoms with E-state index >= 15 is 0 Å². The molecule has 0 aliphatic carbocycles. The average Bonchev–Trinajstić information content (AvgIpc) is 3.59. The number of fused-ring (bicyclic) bond motifs is 3. The van der Waals surface area contributed by atoms with E-state index in [1.165, 1.54) is 25.7 Å². The quantitative estimate of drug-likeness (QED) is 0.160. The van der Waals surface area contributed by atoms with Gasteiger partial charge in [-0.05, 0) is 107 Å². The molecule has 0 bridgehead atoms. The number of aromatic nitrogens is 1. The molecule has 4 heteroatoms. The fourth-order valence-corrected chi connectivity index (χ4v) is 8.12. The highest BCUT2D eigenvalue weighted by Gasteiger charge is 2.21. The molecule has 0 saturated carbocycles. The van der Waals surface area contributed by atoms with Gasteiger partial charge in [-0.3, -0.25) is 4.98 Å². The Kier molecular flexibility index (Phi) is 8.05. The van der Waals surface area contributed by atoms with Crippen LogP contribution in [0, 0.1) is 0 Å². The summed E-state index contributed by atoms with van der Waals surface area (Å²) in [7, 11) is 0. The molecule has 9 aromatic rings. The molecule has 0 N–H and O–H groups in total. The lowest BCUT2D eigenvalue weighted by molar-refractivity contribution is 1.25. The van der Waals surface area contributed by atoms with Crippen molar-refractivity contribution in [2.75, 3.05) is 9.80 Å². The van der Waals surface area contributed by atoms with E-state index in [-0.39, 0.29) is 0 Å². The summed E-state index contributed by atoms with van der Waals surface area (Å²) in [6.45, 7) is 0. The van der Waals surface area contributed by atoms with Gasteiger partial charge in [0, 0.05) is 66.7 Å². The normalized spacial score (nSPS) is 11.1. The van der Waals surface area contributed by atoms with E-state index in [9.17, 15) is 0 Å². The number of anilines is 6. The summed E-state index contributed by atoms with van der Waals surface area (Å²) < 4.78 is 2.58. The lowest BCUT2D eigenvalue weighted by Gasteiger charge is -2.30. The van der Waals surface area contributed by atoms with Crippen LogP contribution in [0.2, 0.25) is 0 Å². The zero-order valence-electron chi connectivity index (χ0n) is 27.8. The van der Waals surface area contributed by atoms with Crippen molar-refractivity contribution in [2.45, 2.75) is 0 Å². The molecule has 2 heterocycles. The first kappa shape index (κ1) is 30.6. The van der Waals surface area contributed by atoms with E-state index in [1.807, 2.05) is 29.8 Å². The smallest absolute Gasteiger partial charge is 0.0488 e. The van der Waals surface area contributed by atoms with Gasteiger partial charge in [-0.2, -0.15) is 0 Å². The van der Waals surface area contributed by atoms with Gasteiger partial charge in [-0.15, -0.1) is 11.3 Å².